The van der Waals surface area contributed by atoms with Gasteiger partial charge in [0, 0.05) is 44.2 Å². The summed E-state index contributed by atoms with van der Waals surface area (Å²) in [6.45, 7) is 0. The van der Waals surface area contributed by atoms with Crippen molar-refractivity contribution in [3.63, 3.8) is 0 Å². The number of para-hydroxylation sites is 2. The molecule has 0 unspecified atom stereocenters. The second kappa shape index (κ2) is 13.9. The van der Waals surface area contributed by atoms with Crippen molar-refractivity contribution in [1.29, 1.82) is 0 Å². The van der Waals surface area contributed by atoms with E-state index in [9.17, 15) is 0 Å². The molecule has 10 rings (SSSR count). The van der Waals surface area contributed by atoms with Crippen molar-refractivity contribution in [3.05, 3.63) is 212 Å². The highest BCUT2D eigenvalue weighted by atomic mass is 15.1. The molecule has 0 amide bonds. The van der Waals surface area contributed by atoms with Crippen molar-refractivity contribution in [1.82, 2.24) is 9.97 Å². The van der Waals surface area contributed by atoms with Gasteiger partial charge in [-0.05, 0) is 70.4 Å². The molecule has 0 fully saturated rings. The Morgan fingerprint density at radius 3 is 1.64 bits per heavy atom. The zero-order valence-corrected chi connectivity index (χ0v) is 30.0. The van der Waals surface area contributed by atoms with Gasteiger partial charge in [0.2, 0.25) is 0 Å². The number of fused-ring (bicyclic) bond motifs is 5. The fourth-order valence-corrected chi connectivity index (χ4v) is 7.91. The fourth-order valence-electron chi connectivity index (χ4n) is 7.91. The van der Waals surface area contributed by atoms with E-state index in [1.54, 1.807) is 0 Å². The number of benzene rings is 8. The van der Waals surface area contributed by atoms with Crippen molar-refractivity contribution in [2.24, 2.45) is 0 Å². The van der Waals surface area contributed by atoms with Gasteiger partial charge < -0.3 is 4.90 Å². The number of anilines is 3. The van der Waals surface area contributed by atoms with E-state index in [2.05, 4.69) is 211 Å². The third kappa shape index (κ3) is 5.89. The normalized spacial score (nSPS) is 11.3. The van der Waals surface area contributed by atoms with Crippen LogP contribution in [-0.4, -0.2) is 9.97 Å². The third-order valence-corrected chi connectivity index (χ3v) is 10.4. The molecular formula is C52H35N3. The molecule has 10 aromatic rings. The number of hydrogen-bond acceptors (Lipinski definition) is 3. The second-order valence-electron chi connectivity index (χ2n) is 13.8. The van der Waals surface area contributed by atoms with Crippen LogP contribution in [-0.2, 0) is 0 Å². The van der Waals surface area contributed by atoms with Crippen molar-refractivity contribution in [2.45, 2.75) is 0 Å². The summed E-state index contributed by atoms with van der Waals surface area (Å²) in [5, 5.41) is 5.76. The van der Waals surface area contributed by atoms with E-state index < -0.39 is 0 Å². The van der Waals surface area contributed by atoms with E-state index >= 15 is 0 Å². The van der Waals surface area contributed by atoms with Crippen LogP contribution < -0.4 is 4.90 Å². The SMILES string of the molecule is c1ccc(-c2cc(-c3ccccc3)nc(-c3ccccc3-c3nc4cccc(N(c5ccccc5)c5ccccc5)c4c4c3ccc3ccccc34)c2)cc1. The third-order valence-electron chi connectivity index (χ3n) is 10.4. The van der Waals surface area contributed by atoms with Gasteiger partial charge in [-0.25, -0.2) is 9.97 Å². The standard InChI is InChI=1S/C52H35N3/c1-5-18-36(19-6-1)39-34-47(38-21-7-2-8-22-38)53-48(35-39)43-28-15-16-29-44(43)52-45-33-32-37-20-13-14-27-42(37)50(45)51-46(54-52)30-17-31-49(51)55(40-23-9-3-10-24-40)41-25-11-4-12-26-41/h1-35H. The van der Waals surface area contributed by atoms with Crippen molar-refractivity contribution in [2.75, 3.05) is 4.90 Å². The van der Waals surface area contributed by atoms with Crippen LogP contribution in [0.25, 0.3) is 77.3 Å². The number of rotatable bonds is 7. The van der Waals surface area contributed by atoms with Crippen LogP contribution in [0.15, 0.2) is 212 Å². The zero-order valence-electron chi connectivity index (χ0n) is 30.0. The lowest BCUT2D eigenvalue weighted by atomic mass is 9.91. The van der Waals surface area contributed by atoms with Gasteiger partial charge in [-0.2, -0.15) is 0 Å². The van der Waals surface area contributed by atoms with E-state index in [0.29, 0.717) is 0 Å². The van der Waals surface area contributed by atoms with Gasteiger partial charge >= 0.3 is 0 Å². The molecule has 55 heavy (non-hydrogen) atoms. The number of hydrogen-bond donors (Lipinski definition) is 0. The fraction of sp³-hybridized carbons (Fsp3) is 0. The highest BCUT2D eigenvalue weighted by molar-refractivity contribution is 6.26. The molecule has 2 aromatic heterocycles. The van der Waals surface area contributed by atoms with Crippen LogP contribution in [0.2, 0.25) is 0 Å². The molecule has 3 nitrogen and oxygen atoms in total. The highest BCUT2D eigenvalue weighted by Crippen LogP contribution is 2.46. The van der Waals surface area contributed by atoms with Crippen LogP contribution in [0.3, 0.4) is 0 Å². The van der Waals surface area contributed by atoms with E-state index in [1.807, 2.05) is 6.07 Å². The molecule has 0 spiro atoms. The molecule has 8 aromatic carbocycles. The summed E-state index contributed by atoms with van der Waals surface area (Å²) in [7, 11) is 0. The Morgan fingerprint density at radius 1 is 0.345 bits per heavy atom. The summed E-state index contributed by atoms with van der Waals surface area (Å²) in [6, 6.07) is 74.9. The van der Waals surface area contributed by atoms with Gasteiger partial charge in [-0.3, -0.25) is 0 Å². The van der Waals surface area contributed by atoms with Crippen molar-refractivity contribution in [3.8, 4) is 44.9 Å². The minimum atomic E-state index is 0.903. The van der Waals surface area contributed by atoms with E-state index in [1.165, 1.54) is 16.2 Å². The first-order valence-corrected chi connectivity index (χ1v) is 18.7. The lowest BCUT2D eigenvalue weighted by Gasteiger charge is -2.27. The molecule has 0 bridgehead atoms. The minimum Gasteiger partial charge on any atom is -0.310 e. The van der Waals surface area contributed by atoms with E-state index in [-0.39, 0.29) is 0 Å². The summed E-state index contributed by atoms with van der Waals surface area (Å²) < 4.78 is 0. The molecular weight excluding hydrogens is 667 g/mol. The topological polar surface area (TPSA) is 29.0 Å². The largest absolute Gasteiger partial charge is 0.310 e. The summed E-state index contributed by atoms with van der Waals surface area (Å²) in [5.41, 5.74) is 12.4. The van der Waals surface area contributed by atoms with Gasteiger partial charge in [-0.15, -0.1) is 0 Å². The molecule has 258 valence electrons. The second-order valence-corrected chi connectivity index (χ2v) is 13.8. The molecule has 0 aliphatic rings. The minimum absolute atomic E-state index is 0.903. The van der Waals surface area contributed by atoms with Gasteiger partial charge in [0.25, 0.3) is 0 Å². The Kier molecular flexibility index (Phi) is 8.16. The first-order valence-electron chi connectivity index (χ1n) is 18.7. The molecule has 0 atom stereocenters. The lowest BCUT2D eigenvalue weighted by molar-refractivity contribution is 1.29. The Bertz CT molecular complexity index is 2860. The zero-order chi connectivity index (χ0) is 36.6. The monoisotopic (exact) mass is 701 g/mol. The maximum absolute atomic E-state index is 5.60. The predicted molar refractivity (Wildman–Crippen MR) is 231 cm³/mol. The quantitative estimate of drug-likeness (QED) is 0.155. The summed E-state index contributed by atoms with van der Waals surface area (Å²) in [6.07, 6.45) is 0. The Labute approximate surface area is 320 Å². The van der Waals surface area contributed by atoms with Gasteiger partial charge in [0.05, 0.1) is 28.3 Å². The summed E-state index contributed by atoms with van der Waals surface area (Å²) in [4.78, 5) is 13.3. The number of aromatic nitrogens is 2. The Hall–Kier alpha value is -7.36. The average molecular weight is 702 g/mol. The van der Waals surface area contributed by atoms with Crippen molar-refractivity contribution < 1.29 is 0 Å². The molecule has 0 N–H and O–H groups in total. The van der Waals surface area contributed by atoms with Crippen LogP contribution in [0, 0.1) is 0 Å². The molecule has 3 heteroatoms. The molecule has 0 aliphatic heterocycles. The molecule has 2 heterocycles. The van der Waals surface area contributed by atoms with Crippen LogP contribution in [0.1, 0.15) is 0 Å². The summed E-state index contributed by atoms with van der Waals surface area (Å²) in [5.74, 6) is 0. The first kappa shape index (κ1) is 32.3. The lowest BCUT2D eigenvalue weighted by Crippen LogP contribution is -2.10. The van der Waals surface area contributed by atoms with Crippen molar-refractivity contribution >= 4 is 49.5 Å². The molecule has 0 saturated carbocycles. The van der Waals surface area contributed by atoms with Crippen LogP contribution in [0.4, 0.5) is 17.1 Å². The first-order chi connectivity index (χ1) is 27.3. The van der Waals surface area contributed by atoms with E-state index in [4.69, 9.17) is 9.97 Å². The van der Waals surface area contributed by atoms with Crippen LogP contribution >= 0.6 is 0 Å². The molecule has 0 aliphatic carbocycles. The van der Waals surface area contributed by atoms with Gasteiger partial charge in [0.15, 0.2) is 0 Å². The average Bonchev–Trinajstić information content (AvgIpc) is 3.27. The number of pyridine rings is 2. The highest BCUT2D eigenvalue weighted by Gasteiger charge is 2.22. The van der Waals surface area contributed by atoms with Gasteiger partial charge in [0.1, 0.15) is 0 Å². The maximum Gasteiger partial charge on any atom is 0.0795 e. The predicted octanol–water partition coefficient (Wildman–Crippen LogP) is 14.1. The van der Waals surface area contributed by atoms with E-state index in [0.717, 1.165) is 78.3 Å². The van der Waals surface area contributed by atoms with Crippen LogP contribution in [0.5, 0.6) is 0 Å². The molecule has 0 radical (unpaired) electrons. The summed E-state index contributed by atoms with van der Waals surface area (Å²) >= 11 is 0. The smallest absolute Gasteiger partial charge is 0.0795 e. The Balaban J connectivity index is 1.27. The maximum atomic E-state index is 5.60. The van der Waals surface area contributed by atoms with Gasteiger partial charge in [-0.1, -0.05) is 164 Å². The molecule has 0 saturated heterocycles. The Morgan fingerprint density at radius 2 is 0.927 bits per heavy atom. The number of nitrogens with zero attached hydrogens (tertiary/aromatic N) is 3.